The van der Waals surface area contributed by atoms with E-state index in [9.17, 15) is 9.59 Å². The number of esters is 1. The van der Waals surface area contributed by atoms with Crippen molar-refractivity contribution in [1.82, 2.24) is 9.55 Å². The molecule has 1 unspecified atom stereocenters. The molecule has 0 saturated heterocycles. The molecular weight excluding hydrogens is 244 g/mol. The predicted molar refractivity (Wildman–Crippen MR) is 64.7 cm³/mol. The number of carbonyl (C=O) groups is 1. The number of fused-ring (bicyclic) bond motifs is 1. The molecule has 1 aromatic rings. The number of hydrogen-bond acceptors (Lipinski definition) is 4. The minimum atomic E-state index is -0.589. The van der Waals surface area contributed by atoms with Crippen molar-refractivity contribution in [3.8, 4) is 0 Å². The fraction of sp³-hybridized carbons (Fsp3) is 0.545. The van der Waals surface area contributed by atoms with E-state index < -0.39 is 5.97 Å². The van der Waals surface area contributed by atoms with E-state index in [1.54, 1.807) is 11.5 Å². The zero-order valence-electron chi connectivity index (χ0n) is 9.80. The van der Waals surface area contributed by atoms with Gasteiger partial charge in [-0.25, -0.2) is 9.78 Å². The van der Waals surface area contributed by atoms with Crippen molar-refractivity contribution in [2.45, 2.75) is 32.7 Å². The van der Waals surface area contributed by atoms with Crippen molar-refractivity contribution in [3.63, 3.8) is 0 Å². The van der Waals surface area contributed by atoms with Crippen LogP contribution in [0.5, 0.6) is 0 Å². The smallest absolute Gasteiger partial charge is 0.345 e. The quantitative estimate of drug-likeness (QED) is 0.752. The highest BCUT2D eigenvalue weighted by Crippen LogP contribution is 2.20. The van der Waals surface area contributed by atoms with Crippen LogP contribution in [-0.2, 0) is 11.2 Å². The van der Waals surface area contributed by atoms with Gasteiger partial charge in [0.2, 0.25) is 0 Å². The maximum Gasteiger partial charge on any atom is 0.345 e. The van der Waals surface area contributed by atoms with E-state index >= 15 is 0 Å². The van der Waals surface area contributed by atoms with Gasteiger partial charge < -0.3 is 4.74 Å². The van der Waals surface area contributed by atoms with Crippen LogP contribution in [-0.4, -0.2) is 22.1 Å². The van der Waals surface area contributed by atoms with E-state index in [1.807, 2.05) is 6.92 Å². The Morgan fingerprint density at radius 1 is 1.65 bits per heavy atom. The third-order valence-corrected chi connectivity index (χ3v) is 2.79. The summed E-state index contributed by atoms with van der Waals surface area (Å²) in [5.41, 5.74) is -0.257. The lowest BCUT2D eigenvalue weighted by atomic mass is 10.2. The third kappa shape index (κ3) is 2.34. The van der Waals surface area contributed by atoms with Gasteiger partial charge in [-0.1, -0.05) is 0 Å². The number of nitrogens with zero attached hydrogens (tertiary/aromatic N) is 2. The summed E-state index contributed by atoms with van der Waals surface area (Å²) in [6.45, 7) is 3.92. The summed E-state index contributed by atoms with van der Waals surface area (Å²) >= 11 is 0. The highest BCUT2D eigenvalue weighted by molar-refractivity contribution is 5.88. The summed E-state index contributed by atoms with van der Waals surface area (Å²) in [5.74, 6) is 0.167. The second-order valence-electron chi connectivity index (χ2n) is 3.87. The van der Waals surface area contributed by atoms with E-state index in [0.717, 1.165) is 18.7 Å². The van der Waals surface area contributed by atoms with Gasteiger partial charge in [0.05, 0.1) is 6.61 Å². The van der Waals surface area contributed by atoms with Crippen LogP contribution in [0.25, 0.3) is 0 Å². The number of aromatic nitrogens is 2. The van der Waals surface area contributed by atoms with Crippen molar-refractivity contribution >= 4 is 18.4 Å². The standard InChI is InChI=1S/C11H14N2O3.ClH/c1-3-16-11(15)8-6-12-9-5-4-7(2)13(9)10(8)14;/h6-7H,3-5H2,1-2H3;1H. The van der Waals surface area contributed by atoms with E-state index in [2.05, 4.69) is 4.98 Å². The summed E-state index contributed by atoms with van der Waals surface area (Å²) in [5, 5.41) is 0. The molecule has 0 radical (unpaired) electrons. The van der Waals surface area contributed by atoms with Gasteiger partial charge >= 0.3 is 5.97 Å². The fourth-order valence-corrected chi connectivity index (χ4v) is 1.96. The SMILES string of the molecule is CCOC(=O)c1cnc2n(c1=O)C(C)CC2.Cl. The van der Waals surface area contributed by atoms with Crippen LogP contribution in [0, 0.1) is 0 Å². The van der Waals surface area contributed by atoms with E-state index in [0.29, 0.717) is 0 Å². The van der Waals surface area contributed by atoms with Gasteiger partial charge in [-0.05, 0) is 20.3 Å². The van der Waals surface area contributed by atoms with Crippen LogP contribution in [0.2, 0.25) is 0 Å². The first-order valence-electron chi connectivity index (χ1n) is 5.42. The molecule has 1 atom stereocenters. The molecule has 2 rings (SSSR count). The summed E-state index contributed by atoms with van der Waals surface area (Å²) in [6, 6.07) is 0.115. The Bertz CT molecular complexity index is 484. The minimum absolute atomic E-state index is 0. The van der Waals surface area contributed by atoms with Crippen LogP contribution in [0.3, 0.4) is 0 Å². The molecule has 1 aliphatic rings. The highest BCUT2D eigenvalue weighted by Gasteiger charge is 2.24. The third-order valence-electron chi connectivity index (χ3n) is 2.79. The molecule has 0 saturated carbocycles. The highest BCUT2D eigenvalue weighted by atomic mass is 35.5. The Hall–Kier alpha value is -1.36. The lowest BCUT2D eigenvalue weighted by Gasteiger charge is -2.09. The zero-order chi connectivity index (χ0) is 11.7. The van der Waals surface area contributed by atoms with Gasteiger partial charge in [0.1, 0.15) is 11.4 Å². The average molecular weight is 259 g/mol. The lowest BCUT2D eigenvalue weighted by Crippen LogP contribution is -2.29. The summed E-state index contributed by atoms with van der Waals surface area (Å²) in [6.07, 6.45) is 3.01. The van der Waals surface area contributed by atoms with Crippen LogP contribution < -0.4 is 5.56 Å². The maximum atomic E-state index is 12.0. The molecule has 0 amide bonds. The van der Waals surface area contributed by atoms with E-state index in [1.165, 1.54) is 6.20 Å². The molecule has 17 heavy (non-hydrogen) atoms. The second kappa shape index (κ2) is 5.31. The summed E-state index contributed by atoms with van der Waals surface area (Å²) < 4.78 is 6.40. The Kier molecular flexibility index (Phi) is 4.28. The van der Waals surface area contributed by atoms with Crippen LogP contribution >= 0.6 is 12.4 Å². The number of aryl methyl sites for hydroxylation is 1. The van der Waals surface area contributed by atoms with Gasteiger partial charge in [-0.2, -0.15) is 0 Å². The van der Waals surface area contributed by atoms with Gasteiger partial charge in [-0.3, -0.25) is 9.36 Å². The molecule has 6 heteroatoms. The summed E-state index contributed by atoms with van der Waals surface area (Å²) in [7, 11) is 0. The van der Waals surface area contributed by atoms with Crippen molar-refractivity contribution in [2.75, 3.05) is 6.61 Å². The monoisotopic (exact) mass is 258 g/mol. The number of carbonyl (C=O) groups excluding carboxylic acids is 1. The van der Waals surface area contributed by atoms with Gasteiger partial charge in [0, 0.05) is 18.7 Å². The normalized spacial score (nSPS) is 17.2. The Labute approximate surface area is 105 Å². The molecule has 0 N–H and O–H groups in total. The first-order valence-corrected chi connectivity index (χ1v) is 5.42. The number of halogens is 1. The zero-order valence-corrected chi connectivity index (χ0v) is 10.6. The minimum Gasteiger partial charge on any atom is -0.462 e. The molecule has 0 fully saturated rings. The molecule has 0 spiro atoms. The van der Waals surface area contributed by atoms with Crippen molar-refractivity contribution in [3.05, 3.63) is 27.9 Å². The van der Waals surface area contributed by atoms with Crippen LogP contribution in [0.15, 0.2) is 11.0 Å². The summed E-state index contributed by atoms with van der Waals surface area (Å²) in [4.78, 5) is 27.6. The van der Waals surface area contributed by atoms with Gasteiger partial charge in [-0.15, -0.1) is 12.4 Å². The molecule has 94 valence electrons. The number of rotatable bonds is 2. The molecule has 5 nitrogen and oxygen atoms in total. The van der Waals surface area contributed by atoms with Gasteiger partial charge in [0.15, 0.2) is 0 Å². The van der Waals surface area contributed by atoms with E-state index in [4.69, 9.17) is 4.74 Å². The second-order valence-corrected chi connectivity index (χ2v) is 3.87. The Morgan fingerprint density at radius 2 is 2.35 bits per heavy atom. The topological polar surface area (TPSA) is 61.2 Å². The fourth-order valence-electron chi connectivity index (χ4n) is 1.96. The van der Waals surface area contributed by atoms with Crippen molar-refractivity contribution in [2.24, 2.45) is 0 Å². The van der Waals surface area contributed by atoms with Crippen molar-refractivity contribution in [1.29, 1.82) is 0 Å². The Morgan fingerprint density at radius 3 is 3.00 bits per heavy atom. The molecule has 0 bridgehead atoms. The van der Waals surface area contributed by atoms with Crippen LogP contribution in [0.4, 0.5) is 0 Å². The largest absolute Gasteiger partial charge is 0.462 e. The van der Waals surface area contributed by atoms with E-state index in [-0.39, 0.29) is 36.2 Å². The molecule has 1 aliphatic heterocycles. The average Bonchev–Trinajstić information content (AvgIpc) is 2.62. The number of hydrogen-bond donors (Lipinski definition) is 0. The molecule has 0 aliphatic carbocycles. The molecular formula is C11H15ClN2O3. The predicted octanol–water partition coefficient (Wildman–Crippen LogP) is 1.35. The molecule has 0 aromatic carbocycles. The molecule has 1 aromatic heterocycles. The Balaban J connectivity index is 0.00000144. The number of ether oxygens (including phenoxy) is 1. The first-order chi connectivity index (χ1) is 7.65. The molecule has 2 heterocycles. The maximum absolute atomic E-state index is 12.0. The van der Waals surface area contributed by atoms with Gasteiger partial charge in [0.25, 0.3) is 5.56 Å². The van der Waals surface area contributed by atoms with Crippen molar-refractivity contribution < 1.29 is 9.53 Å². The lowest BCUT2D eigenvalue weighted by molar-refractivity contribution is 0.0523. The van der Waals surface area contributed by atoms with Crippen LogP contribution in [0.1, 0.15) is 42.5 Å². The first kappa shape index (κ1) is 13.7.